The van der Waals surface area contributed by atoms with Gasteiger partial charge in [-0.2, -0.15) is 0 Å². The van der Waals surface area contributed by atoms with E-state index >= 15 is 0 Å². The van der Waals surface area contributed by atoms with Crippen molar-refractivity contribution in [3.05, 3.63) is 53.7 Å². The van der Waals surface area contributed by atoms with Crippen LogP contribution >= 0.6 is 11.6 Å². The lowest BCUT2D eigenvalue weighted by molar-refractivity contribution is 0.601. The topological polar surface area (TPSA) is 108 Å². The van der Waals surface area contributed by atoms with Gasteiger partial charge in [-0.25, -0.2) is 16.8 Å². The van der Waals surface area contributed by atoms with Crippen molar-refractivity contribution in [3.63, 3.8) is 0 Å². The first kappa shape index (κ1) is 17.6. The third kappa shape index (κ3) is 3.73. The highest BCUT2D eigenvalue weighted by Crippen LogP contribution is 2.31. The van der Waals surface area contributed by atoms with Gasteiger partial charge in [0.05, 0.1) is 28.2 Å². The SMILES string of the molecule is CS(=O)(=O)Nc1ccccc1S(=O)(=O)Nc1cccc2c(Cl)c[nH]c12. The van der Waals surface area contributed by atoms with E-state index in [2.05, 4.69) is 14.4 Å². The number of anilines is 2. The lowest BCUT2D eigenvalue weighted by Gasteiger charge is -2.13. The molecule has 0 aliphatic rings. The number of benzene rings is 2. The van der Waals surface area contributed by atoms with Gasteiger partial charge in [-0.05, 0) is 18.2 Å². The van der Waals surface area contributed by atoms with Crippen LogP contribution in [0.4, 0.5) is 11.4 Å². The van der Waals surface area contributed by atoms with Crippen molar-refractivity contribution in [2.24, 2.45) is 0 Å². The minimum atomic E-state index is -4.04. The second-order valence-corrected chi connectivity index (χ2v) is 9.15. The molecule has 1 heterocycles. The Bertz CT molecular complexity index is 1150. The number of rotatable bonds is 5. The number of aromatic nitrogens is 1. The van der Waals surface area contributed by atoms with E-state index in [9.17, 15) is 16.8 Å². The Morgan fingerprint density at radius 1 is 0.920 bits per heavy atom. The molecule has 3 aromatic rings. The van der Waals surface area contributed by atoms with Crippen LogP contribution in [-0.2, 0) is 20.0 Å². The lowest BCUT2D eigenvalue weighted by Crippen LogP contribution is -2.17. The smallest absolute Gasteiger partial charge is 0.264 e. The molecule has 7 nitrogen and oxygen atoms in total. The third-order valence-corrected chi connectivity index (χ3v) is 5.71. The molecule has 0 aliphatic heterocycles. The van der Waals surface area contributed by atoms with Gasteiger partial charge in [0.1, 0.15) is 4.90 Å². The fourth-order valence-electron chi connectivity index (χ4n) is 2.39. The Hall–Kier alpha value is -2.23. The van der Waals surface area contributed by atoms with E-state index in [0.717, 1.165) is 6.26 Å². The summed E-state index contributed by atoms with van der Waals surface area (Å²) in [6, 6.07) is 10.7. The fraction of sp³-hybridized carbons (Fsp3) is 0.0667. The molecular weight excluding hydrogens is 386 g/mol. The number of fused-ring (bicyclic) bond motifs is 1. The number of nitrogens with one attached hydrogen (secondary N) is 3. The van der Waals surface area contributed by atoms with Crippen LogP contribution in [0.5, 0.6) is 0 Å². The van der Waals surface area contributed by atoms with E-state index in [1.165, 1.54) is 24.3 Å². The zero-order chi connectivity index (χ0) is 18.2. The molecule has 0 fully saturated rings. The molecule has 0 atom stereocenters. The van der Waals surface area contributed by atoms with Crippen LogP contribution < -0.4 is 9.44 Å². The van der Waals surface area contributed by atoms with Crippen molar-refractivity contribution in [2.45, 2.75) is 4.90 Å². The van der Waals surface area contributed by atoms with E-state index in [-0.39, 0.29) is 10.6 Å². The first-order valence-corrected chi connectivity index (χ1v) is 10.8. The van der Waals surface area contributed by atoms with Crippen LogP contribution in [0.3, 0.4) is 0 Å². The molecule has 0 unspecified atom stereocenters. The maximum Gasteiger partial charge on any atom is 0.264 e. The minimum Gasteiger partial charge on any atom is -0.358 e. The Kier molecular flexibility index (Phi) is 4.40. The third-order valence-electron chi connectivity index (χ3n) is 3.38. The molecule has 3 rings (SSSR count). The maximum absolute atomic E-state index is 12.8. The predicted molar refractivity (Wildman–Crippen MR) is 99.0 cm³/mol. The second-order valence-electron chi connectivity index (χ2n) is 5.34. The largest absolute Gasteiger partial charge is 0.358 e. The molecule has 0 aliphatic carbocycles. The molecule has 25 heavy (non-hydrogen) atoms. The molecule has 0 bridgehead atoms. The van der Waals surface area contributed by atoms with Crippen molar-refractivity contribution in [2.75, 3.05) is 15.7 Å². The maximum atomic E-state index is 12.8. The average Bonchev–Trinajstić information content (AvgIpc) is 2.88. The van der Waals surface area contributed by atoms with E-state index < -0.39 is 20.0 Å². The summed E-state index contributed by atoms with van der Waals surface area (Å²) >= 11 is 6.05. The molecule has 132 valence electrons. The Balaban J connectivity index is 2.06. The van der Waals surface area contributed by atoms with E-state index in [4.69, 9.17) is 11.6 Å². The first-order valence-electron chi connectivity index (χ1n) is 7.02. The van der Waals surface area contributed by atoms with Crippen LogP contribution in [0.2, 0.25) is 5.02 Å². The average molecular weight is 400 g/mol. The summed E-state index contributed by atoms with van der Waals surface area (Å²) in [6.07, 6.45) is 2.51. The Labute approximate surface area is 150 Å². The molecule has 2 aromatic carbocycles. The fourth-order valence-corrected chi connectivity index (χ4v) is 4.48. The Morgan fingerprint density at radius 3 is 2.32 bits per heavy atom. The van der Waals surface area contributed by atoms with Gasteiger partial charge in [0.25, 0.3) is 10.0 Å². The molecule has 3 N–H and O–H groups in total. The van der Waals surface area contributed by atoms with Crippen molar-refractivity contribution < 1.29 is 16.8 Å². The highest BCUT2D eigenvalue weighted by Gasteiger charge is 2.21. The van der Waals surface area contributed by atoms with E-state index in [1.807, 2.05) is 0 Å². The quantitative estimate of drug-likeness (QED) is 0.612. The van der Waals surface area contributed by atoms with Crippen LogP contribution in [-0.4, -0.2) is 28.1 Å². The predicted octanol–water partition coefficient (Wildman–Crippen LogP) is 2.99. The number of sulfonamides is 2. The molecule has 0 amide bonds. The van der Waals surface area contributed by atoms with Gasteiger partial charge >= 0.3 is 0 Å². The van der Waals surface area contributed by atoms with Gasteiger partial charge in [0, 0.05) is 11.6 Å². The highest BCUT2D eigenvalue weighted by atomic mass is 35.5. The summed E-state index contributed by atoms with van der Waals surface area (Å²) in [5.41, 5.74) is 0.803. The first-order chi connectivity index (χ1) is 11.7. The van der Waals surface area contributed by atoms with Crippen LogP contribution in [0.25, 0.3) is 10.9 Å². The van der Waals surface area contributed by atoms with Gasteiger partial charge in [0.15, 0.2) is 0 Å². The highest BCUT2D eigenvalue weighted by molar-refractivity contribution is 7.93. The minimum absolute atomic E-state index is 0.0332. The summed E-state index contributed by atoms with van der Waals surface area (Å²) in [4.78, 5) is 2.73. The zero-order valence-electron chi connectivity index (χ0n) is 12.9. The van der Waals surface area contributed by atoms with Crippen molar-refractivity contribution in [3.8, 4) is 0 Å². The lowest BCUT2D eigenvalue weighted by atomic mass is 10.2. The number of halogens is 1. The Morgan fingerprint density at radius 2 is 1.60 bits per heavy atom. The van der Waals surface area contributed by atoms with Crippen LogP contribution in [0, 0.1) is 0 Å². The number of hydrogen-bond donors (Lipinski definition) is 3. The summed E-state index contributed by atoms with van der Waals surface area (Å²) in [7, 11) is -7.67. The zero-order valence-corrected chi connectivity index (χ0v) is 15.3. The molecule has 1 aromatic heterocycles. The molecule has 0 radical (unpaired) electrons. The van der Waals surface area contributed by atoms with Gasteiger partial charge in [-0.15, -0.1) is 0 Å². The number of aromatic amines is 1. The van der Waals surface area contributed by atoms with Crippen LogP contribution in [0.15, 0.2) is 53.6 Å². The molecular formula is C15H14ClN3O4S2. The summed E-state index contributed by atoms with van der Waals surface area (Å²) in [6.45, 7) is 0. The number of H-pyrrole nitrogens is 1. The van der Waals surface area contributed by atoms with Crippen LogP contribution in [0.1, 0.15) is 0 Å². The van der Waals surface area contributed by atoms with Gasteiger partial charge in [0.2, 0.25) is 10.0 Å². The summed E-state index contributed by atoms with van der Waals surface area (Å²) in [5.74, 6) is 0. The summed E-state index contributed by atoms with van der Waals surface area (Å²) in [5, 5.41) is 1.14. The standard InChI is InChI=1S/C15H14ClN3O4S2/c1-24(20,21)18-12-6-2-3-8-14(12)25(22,23)19-13-7-4-5-10-11(16)9-17-15(10)13/h2-9,17-19H,1H3. The second kappa shape index (κ2) is 6.25. The monoisotopic (exact) mass is 399 g/mol. The van der Waals surface area contributed by atoms with Gasteiger partial charge < -0.3 is 4.98 Å². The molecule has 0 spiro atoms. The number of para-hydroxylation sites is 2. The van der Waals surface area contributed by atoms with E-state index in [0.29, 0.717) is 21.6 Å². The summed E-state index contributed by atoms with van der Waals surface area (Å²) < 4.78 is 53.1. The molecule has 0 saturated heterocycles. The van der Waals surface area contributed by atoms with Gasteiger partial charge in [-0.3, -0.25) is 9.44 Å². The van der Waals surface area contributed by atoms with Crippen molar-refractivity contribution in [1.82, 2.24) is 4.98 Å². The molecule has 0 saturated carbocycles. The van der Waals surface area contributed by atoms with Crippen molar-refractivity contribution in [1.29, 1.82) is 0 Å². The van der Waals surface area contributed by atoms with E-state index in [1.54, 1.807) is 24.4 Å². The normalized spacial score (nSPS) is 12.2. The van der Waals surface area contributed by atoms with Crippen molar-refractivity contribution >= 4 is 53.9 Å². The molecule has 10 heteroatoms. The number of hydrogen-bond acceptors (Lipinski definition) is 4. The van der Waals surface area contributed by atoms with Gasteiger partial charge in [-0.1, -0.05) is 35.9 Å².